The third-order valence-electron chi connectivity index (χ3n) is 9.81. The topological polar surface area (TPSA) is 50.2 Å². The molecule has 0 amide bonds. The molecule has 0 aliphatic heterocycles. The van der Waals surface area contributed by atoms with E-state index >= 15 is 0 Å². The van der Waals surface area contributed by atoms with Crippen molar-refractivity contribution in [3.63, 3.8) is 0 Å². The third kappa shape index (κ3) is 4.17. The average molecular weight is 520 g/mol. The van der Waals surface area contributed by atoms with Crippen LogP contribution >= 0.6 is 0 Å². The van der Waals surface area contributed by atoms with Crippen LogP contribution in [0.1, 0.15) is 63.4 Å². The molecule has 0 radical (unpaired) electrons. The first-order chi connectivity index (χ1) is 18.1. The van der Waals surface area contributed by atoms with Crippen LogP contribution in [-0.2, 0) is 4.79 Å². The maximum atomic E-state index is 13.2. The van der Waals surface area contributed by atoms with E-state index in [0.29, 0.717) is 25.7 Å². The molecular formula is C32H32F3NO2. The molecule has 0 bridgehead atoms. The Hall–Kier alpha value is -2.99. The molecule has 1 aromatic heterocycles. The summed E-state index contributed by atoms with van der Waals surface area (Å²) in [6.07, 6.45) is 6.66. The first-order valence-electron chi connectivity index (χ1n) is 13.5. The molecule has 4 aliphatic carbocycles. The molecule has 2 unspecified atom stereocenters. The number of hydrogen-bond acceptors (Lipinski definition) is 3. The van der Waals surface area contributed by atoms with Gasteiger partial charge in [-0.15, -0.1) is 0 Å². The molecule has 1 aromatic carbocycles. The fourth-order valence-corrected chi connectivity index (χ4v) is 7.95. The van der Waals surface area contributed by atoms with Crippen LogP contribution in [0.15, 0.2) is 83.7 Å². The summed E-state index contributed by atoms with van der Waals surface area (Å²) >= 11 is 0. The van der Waals surface area contributed by atoms with Crippen molar-refractivity contribution in [2.75, 3.05) is 0 Å². The molecule has 2 saturated carbocycles. The van der Waals surface area contributed by atoms with Gasteiger partial charge in [-0.25, -0.2) is 0 Å². The van der Waals surface area contributed by atoms with Gasteiger partial charge in [0.25, 0.3) is 0 Å². The number of fused-ring (bicyclic) bond motifs is 4. The first kappa shape index (κ1) is 25.3. The lowest BCUT2D eigenvalue weighted by atomic mass is 9.51. The van der Waals surface area contributed by atoms with Gasteiger partial charge in [0.2, 0.25) is 0 Å². The Bertz CT molecular complexity index is 1340. The van der Waals surface area contributed by atoms with E-state index in [0.717, 1.165) is 47.6 Å². The third-order valence-corrected chi connectivity index (χ3v) is 9.81. The summed E-state index contributed by atoms with van der Waals surface area (Å²) in [6, 6.07) is 12.3. The minimum atomic E-state index is -4.47. The number of aliphatic hydroxyl groups is 1. The van der Waals surface area contributed by atoms with Gasteiger partial charge in [0, 0.05) is 36.2 Å². The molecule has 38 heavy (non-hydrogen) atoms. The van der Waals surface area contributed by atoms with Crippen molar-refractivity contribution in [2.24, 2.45) is 17.3 Å². The predicted molar refractivity (Wildman–Crippen MR) is 140 cm³/mol. The molecule has 4 aliphatic rings. The lowest BCUT2D eigenvalue weighted by Crippen LogP contribution is -2.50. The van der Waals surface area contributed by atoms with E-state index < -0.39 is 17.2 Å². The molecule has 2 aromatic rings. The van der Waals surface area contributed by atoms with Crippen molar-refractivity contribution in [3.8, 4) is 11.1 Å². The molecule has 198 valence electrons. The van der Waals surface area contributed by atoms with Crippen molar-refractivity contribution >= 4 is 5.78 Å². The summed E-state index contributed by atoms with van der Waals surface area (Å²) in [5, 5.41) is 11.8. The molecule has 5 atom stereocenters. The number of pyridine rings is 1. The van der Waals surface area contributed by atoms with Crippen molar-refractivity contribution in [1.82, 2.24) is 4.98 Å². The molecule has 6 heteroatoms. The van der Waals surface area contributed by atoms with Crippen molar-refractivity contribution in [3.05, 3.63) is 89.3 Å². The summed E-state index contributed by atoms with van der Waals surface area (Å²) in [6.45, 7) is 2.00. The van der Waals surface area contributed by atoms with E-state index in [1.165, 1.54) is 11.1 Å². The lowest BCUT2D eigenvalue weighted by Gasteiger charge is -2.54. The first-order valence-corrected chi connectivity index (χ1v) is 13.5. The molecular weight excluding hydrogens is 487 g/mol. The monoisotopic (exact) mass is 519 g/mol. The van der Waals surface area contributed by atoms with Gasteiger partial charge in [-0.05, 0) is 96.4 Å². The van der Waals surface area contributed by atoms with Crippen LogP contribution in [0.5, 0.6) is 0 Å². The van der Waals surface area contributed by atoms with E-state index in [2.05, 4.69) is 29.2 Å². The Morgan fingerprint density at radius 2 is 1.84 bits per heavy atom. The summed E-state index contributed by atoms with van der Waals surface area (Å²) in [7, 11) is 0. The van der Waals surface area contributed by atoms with Crippen LogP contribution in [-0.4, -0.2) is 27.7 Å². The number of carbonyl (C=O) groups is 1. The van der Waals surface area contributed by atoms with Gasteiger partial charge in [0.05, 0.1) is 5.60 Å². The van der Waals surface area contributed by atoms with E-state index in [4.69, 9.17) is 0 Å². The van der Waals surface area contributed by atoms with E-state index in [1.807, 2.05) is 31.3 Å². The fraction of sp³-hybridized carbons (Fsp3) is 0.438. The Kier molecular flexibility index (Phi) is 6.02. The molecule has 3 nitrogen and oxygen atoms in total. The smallest absolute Gasteiger partial charge is 0.385 e. The van der Waals surface area contributed by atoms with Gasteiger partial charge in [-0.2, -0.15) is 13.2 Å². The summed E-state index contributed by atoms with van der Waals surface area (Å²) in [5.74, 6) is 0.428. The van der Waals surface area contributed by atoms with Gasteiger partial charge in [0.1, 0.15) is 0 Å². The van der Waals surface area contributed by atoms with Crippen LogP contribution < -0.4 is 0 Å². The Balaban J connectivity index is 1.46. The minimum Gasteiger partial charge on any atom is -0.385 e. The Morgan fingerprint density at radius 1 is 1.05 bits per heavy atom. The normalized spacial score (nSPS) is 33.1. The number of aromatic nitrogens is 1. The largest absolute Gasteiger partial charge is 0.409 e. The number of hydrogen-bond donors (Lipinski definition) is 1. The zero-order chi connectivity index (χ0) is 26.7. The number of benzene rings is 1. The molecule has 1 heterocycles. The number of allylic oxidation sites excluding steroid dienone is 5. The highest BCUT2D eigenvalue weighted by Gasteiger charge is 2.62. The number of halogens is 3. The molecule has 6 rings (SSSR count). The van der Waals surface area contributed by atoms with Gasteiger partial charge in [-0.3, -0.25) is 9.78 Å². The molecule has 0 spiro atoms. The highest BCUT2D eigenvalue weighted by atomic mass is 19.4. The zero-order valence-corrected chi connectivity index (χ0v) is 21.5. The predicted octanol–water partition coefficient (Wildman–Crippen LogP) is 7.50. The highest BCUT2D eigenvalue weighted by Crippen LogP contribution is 2.67. The lowest BCUT2D eigenvalue weighted by molar-refractivity contribution is -0.114. The number of nitrogens with zero attached hydrogens (tertiary/aromatic N) is 1. The number of alkyl halides is 3. The van der Waals surface area contributed by atoms with Crippen molar-refractivity contribution < 1.29 is 23.1 Å². The molecule has 2 fully saturated rings. The minimum absolute atomic E-state index is 0.0278. The van der Waals surface area contributed by atoms with Gasteiger partial charge in [-0.1, -0.05) is 42.8 Å². The quantitative estimate of drug-likeness (QED) is 0.427. The molecule has 1 N–H and O–H groups in total. The Labute approximate surface area is 221 Å². The summed E-state index contributed by atoms with van der Waals surface area (Å²) in [4.78, 5) is 16.5. The summed E-state index contributed by atoms with van der Waals surface area (Å²) < 4.78 is 39.6. The van der Waals surface area contributed by atoms with E-state index in [9.17, 15) is 23.1 Å². The van der Waals surface area contributed by atoms with Crippen LogP contribution in [0.4, 0.5) is 13.2 Å². The SMILES string of the molecule is C[C@]12C[C@H](c3ccc(-c4cccnc4)cc3)C3=C4CCC(=O)C=C4CCC3C1CC[C@@]2(O)C=CC(F)(F)F. The van der Waals surface area contributed by atoms with Gasteiger partial charge < -0.3 is 5.11 Å². The zero-order valence-electron chi connectivity index (χ0n) is 21.5. The van der Waals surface area contributed by atoms with Crippen LogP contribution in [0.25, 0.3) is 11.1 Å². The molecule has 0 saturated heterocycles. The second kappa shape index (κ2) is 9.04. The maximum absolute atomic E-state index is 13.2. The number of ketones is 1. The number of rotatable bonds is 3. The van der Waals surface area contributed by atoms with E-state index in [1.54, 1.807) is 6.20 Å². The van der Waals surface area contributed by atoms with Gasteiger partial charge >= 0.3 is 6.18 Å². The van der Waals surface area contributed by atoms with Gasteiger partial charge in [0.15, 0.2) is 5.78 Å². The van der Waals surface area contributed by atoms with Crippen LogP contribution in [0.3, 0.4) is 0 Å². The van der Waals surface area contributed by atoms with Crippen molar-refractivity contribution in [2.45, 2.75) is 69.6 Å². The average Bonchev–Trinajstić information content (AvgIpc) is 3.17. The van der Waals surface area contributed by atoms with Crippen LogP contribution in [0, 0.1) is 17.3 Å². The van der Waals surface area contributed by atoms with E-state index in [-0.39, 0.29) is 29.6 Å². The van der Waals surface area contributed by atoms with Crippen LogP contribution in [0.2, 0.25) is 0 Å². The maximum Gasteiger partial charge on any atom is 0.409 e. The second-order valence-corrected chi connectivity index (χ2v) is 11.7. The van der Waals surface area contributed by atoms with Crippen molar-refractivity contribution in [1.29, 1.82) is 0 Å². The highest BCUT2D eigenvalue weighted by molar-refractivity contribution is 5.93. The fourth-order valence-electron chi connectivity index (χ4n) is 7.95. The summed E-state index contributed by atoms with van der Waals surface area (Å²) in [5.41, 5.74) is 4.74. The second-order valence-electron chi connectivity index (χ2n) is 11.7. The standard InChI is InChI=1S/C32H32F3NO2/c1-30-18-27(21-6-4-20(5-7-21)23-3-2-16-36-19-23)29-25-11-9-24(37)17-22(25)8-10-26(29)28(30)12-13-31(30,38)14-15-32(33,34)35/h2-7,14-17,19,26-28,38H,8-13,18H2,1H3/t26?,27-,28?,30+,31-/m1/s1. The number of carbonyl (C=O) groups excluding carboxylic acids is 1. The Morgan fingerprint density at radius 3 is 2.55 bits per heavy atom.